The van der Waals surface area contributed by atoms with Crippen LogP contribution in [-0.4, -0.2) is 44.9 Å². The van der Waals surface area contributed by atoms with Crippen LogP contribution in [-0.2, 0) is 6.54 Å². The highest BCUT2D eigenvalue weighted by atomic mass is 32.2. The first-order valence-electron chi connectivity index (χ1n) is 8.36. The summed E-state index contributed by atoms with van der Waals surface area (Å²) in [6, 6.07) is 19.5. The Hall–Kier alpha value is -2.57. The second-order valence-electron chi connectivity index (χ2n) is 5.74. The van der Waals surface area contributed by atoms with E-state index in [2.05, 4.69) is 4.98 Å². The number of aliphatic hydroxyl groups excluding tert-OH is 1. The van der Waals surface area contributed by atoms with Gasteiger partial charge in [-0.15, -0.1) is 0 Å². The maximum Gasteiger partial charge on any atom is 0.272 e. The molecule has 1 aromatic heterocycles. The lowest BCUT2D eigenvalue weighted by atomic mass is 10.2. The number of thioether (sulfide) groups is 1. The molecular weight excluding hydrogens is 346 g/mol. The molecule has 0 aliphatic carbocycles. The molecule has 0 saturated heterocycles. The van der Waals surface area contributed by atoms with E-state index in [1.165, 1.54) is 11.8 Å². The Morgan fingerprint density at radius 3 is 2.38 bits per heavy atom. The fourth-order valence-corrected chi connectivity index (χ4v) is 3.34. The molecule has 0 radical (unpaired) electrons. The number of carbonyl (C=O) groups is 1. The van der Waals surface area contributed by atoms with Crippen molar-refractivity contribution < 1.29 is 9.90 Å². The van der Waals surface area contributed by atoms with Gasteiger partial charge in [-0.25, -0.2) is 4.98 Å². The van der Waals surface area contributed by atoms with Gasteiger partial charge >= 0.3 is 0 Å². The topological polar surface area (TPSA) is 58.4 Å². The highest BCUT2D eigenvalue weighted by Crippen LogP contribution is 2.23. The Bertz CT molecular complexity index is 850. The van der Waals surface area contributed by atoms with Crippen molar-refractivity contribution in [3.63, 3.8) is 0 Å². The van der Waals surface area contributed by atoms with E-state index in [9.17, 15) is 9.90 Å². The Balaban J connectivity index is 1.96. The molecule has 3 rings (SSSR count). The number of aliphatic hydroxyl groups is 1. The van der Waals surface area contributed by atoms with Crippen molar-refractivity contribution in [2.24, 2.45) is 0 Å². The van der Waals surface area contributed by atoms with Crippen LogP contribution in [0.2, 0.25) is 0 Å². The van der Waals surface area contributed by atoms with Crippen molar-refractivity contribution >= 4 is 17.7 Å². The maximum absolute atomic E-state index is 13.2. The minimum Gasteiger partial charge on any atom is -0.395 e. The molecule has 0 atom stereocenters. The first-order valence-corrected chi connectivity index (χ1v) is 9.58. The number of nitrogens with zero attached hydrogens (tertiary/aromatic N) is 3. The van der Waals surface area contributed by atoms with Crippen LogP contribution in [0.1, 0.15) is 16.1 Å². The van der Waals surface area contributed by atoms with Crippen LogP contribution in [0.15, 0.2) is 72.0 Å². The first-order chi connectivity index (χ1) is 12.7. The Morgan fingerprint density at radius 2 is 1.77 bits per heavy atom. The number of hydrogen-bond donors (Lipinski definition) is 1. The van der Waals surface area contributed by atoms with Crippen LogP contribution in [0.4, 0.5) is 0 Å². The van der Waals surface area contributed by atoms with E-state index in [-0.39, 0.29) is 19.1 Å². The van der Waals surface area contributed by atoms with Gasteiger partial charge in [-0.3, -0.25) is 9.36 Å². The van der Waals surface area contributed by atoms with E-state index in [1.54, 1.807) is 11.1 Å². The number of hydrogen-bond acceptors (Lipinski definition) is 4. The predicted molar refractivity (Wildman–Crippen MR) is 104 cm³/mol. The van der Waals surface area contributed by atoms with Crippen molar-refractivity contribution in [3.8, 4) is 5.69 Å². The van der Waals surface area contributed by atoms with Crippen molar-refractivity contribution in [3.05, 3.63) is 78.1 Å². The van der Waals surface area contributed by atoms with Crippen molar-refractivity contribution in [2.45, 2.75) is 11.7 Å². The summed E-state index contributed by atoms with van der Waals surface area (Å²) >= 11 is 1.49. The first kappa shape index (κ1) is 18.2. The van der Waals surface area contributed by atoms with Gasteiger partial charge < -0.3 is 10.0 Å². The minimum absolute atomic E-state index is 0.0898. The molecule has 1 amide bonds. The molecule has 0 saturated carbocycles. The molecule has 0 fully saturated rings. The second kappa shape index (κ2) is 8.69. The monoisotopic (exact) mass is 367 g/mol. The largest absolute Gasteiger partial charge is 0.395 e. The van der Waals surface area contributed by atoms with Gasteiger partial charge in [-0.05, 0) is 24.0 Å². The molecule has 134 valence electrons. The summed E-state index contributed by atoms with van der Waals surface area (Å²) in [5, 5.41) is 10.2. The van der Waals surface area contributed by atoms with Crippen LogP contribution in [0.5, 0.6) is 0 Å². The van der Waals surface area contributed by atoms with E-state index in [1.807, 2.05) is 71.5 Å². The van der Waals surface area contributed by atoms with Gasteiger partial charge in [0.15, 0.2) is 5.16 Å². The van der Waals surface area contributed by atoms with Crippen LogP contribution in [0, 0.1) is 0 Å². The quantitative estimate of drug-likeness (QED) is 0.652. The normalized spacial score (nSPS) is 10.7. The molecule has 3 aromatic rings. The average Bonchev–Trinajstić information content (AvgIpc) is 3.12. The maximum atomic E-state index is 13.2. The van der Waals surface area contributed by atoms with E-state index in [4.69, 9.17) is 0 Å². The van der Waals surface area contributed by atoms with Gasteiger partial charge in [-0.2, -0.15) is 0 Å². The zero-order valence-corrected chi connectivity index (χ0v) is 15.4. The lowest BCUT2D eigenvalue weighted by molar-refractivity contribution is 0.0699. The van der Waals surface area contributed by atoms with Crippen LogP contribution in [0.25, 0.3) is 5.69 Å². The molecule has 1 heterocycles. The molecule has 5 nitrogen and oxygen atoms in total. The average molecular weight is 367 g/mol. The second-order valence-corrected chi connectivity index (χ2v) is 6.51. The van der Waals surface area contributed by atoms with E-state index < -0.39 is 0 Å². The third-order valence-corrected chi connectivity index (χ3v) is 4.67. The van der Waals surface area contributed by atoms with Gasteiger partial charge in [0.1, 0.15) is 5.69 Å². The van der Waals surface area contributed by atoms with Gasteiger partial charge in [0.2, 0.25) is 0 Å². The molecule has 0 aliphatic rings. The molecule has 26 heavy (non-hydrogen) atoms. The predicted octanol–water partition coefficient (Wildman–Crippen LogP) is 3.23. The molecule has 0 aliphatic heterocycles. The van der Waals surface area contributed by atoms with Crippen molar-refractivity contribution in [1.82, 2.24) is 14.5 Å². The number of rotatable bonds is 7. The lowest BCUT2D eigenvalue weighted by Gasteiger charge is -2.22. The highest BCUT2D eigenvalue weighted by Gasteiger charge is 2.22. The smallest absolute Gasteiger partial charge is 0.272 e. The van der Waals surface area contributed by atoms with Crippen LogP contribution >= 0.6 is 11.8 Å². The van der Waals surface area contributed by atoms with E-state index >= 15 is 0 Å². The Morgan fingerprint density at radius 1 is 1.12 bits per heavy atom. The lowest BCUT2D eigenvalue weighted by Crippen LogP contribution is -2.34. The van der Waals surface area contributed by atoms with Gasteiger partial charge in [0.25, 0.3) is 5.91 Å². The summed E-state index contributed by atoms with van der Waals surface area (Å²) in [5.41, 5.74) is 2.40. The van der Waals surface area contributed by atoms with Gasteiger partial charge in [-0.1, -0.05) is 60.3 Å². The summed E-state index contributed by atoms with van der Waals surface area (Å²) < 4.78 is 1.86. The number of carbonyl (C=O) groups excluding carboxylic acids is 1. The summed E-state index contributed by atoms with van der Waals surface area (Å²) in [7, 11) is 0. The van der Waals surface area contributed by atoms with Gasteiger partial charge in [0.05, 0.1) is 12.8 Å². The molecule has 1 N–H and O–H groups in total. The fraction of sp³-hybridized carbons (Fsp3) is 0.200. The Labute approximate surface area is 157 Å². The zero-order chi connectivity index (χ0) is 18.4. The van der Waals surface area contributed by atoms with Crippen molar-refractivity contribution in [1.29, 1.82) is 0 Å². The fourth-order valence-electron chi connectivity index (χ4n) is 2.80. The number of benzene rings is 2. The zero-order valence-electron chi connectivity index (χ0n) is 14.6. The number of amides is 1. The van der Waals surface area contributed by atoms with Gasteiger partial charge in [0, 0.05) is 18.8 Å². The standard InChI is InChI=1S/C20H21N3O2S/c1-26-20-21-14-18(23(20)17-10-6-3-7-11-17)19(25)22(12-13-24)15-16-8-4-2-5-9-16/h2-11,14,24H,12-13,15H2,1H3. The molecule has 6 heteroatoms. The highest BCUT2D eigenvalue weighted by molar-refractivity contribution is 7.98. The summed E-state index contributed by atoms with van der Waals surface area (Å²) in [5.74, 6) is -0.153. The molecule has 2 aromatic carbocycles. The Kier molecular flexibility index (Phi) is 6.09. The van der Waals surface area contributed by atoms with Crippen molar-refractivity contribution in [2.75, 3.05) is 19.4 Å². The molecule has 0 spiro atoms. The number of para-hydroxylation sites is 1. The summed E-state index contributed by atoms with van der Waals surface area (Å²) in [4.78, 5) is 19.3. The van der Waals surface area contributed by atoms with E-state index in [0.717, 1.165) is 16.4 Å². The number of imidazole rings is 1. The molecule has 0 unspecified atom stereocenters. The number of aromatic nitrogens is 2. The van der Waals surface area contributed by atoms with Crippen LogP contribution in [0.3, 0.4) is 0 Å². The minimum atomic E-state index is -0.153. The third-order valence-electron chi connectivity index (χ3n) is 4.02. The molecular formula is C20H21N3O2S. The van der Waals surface area contributed by atoms with Crippen LogP contribution < -0.4 is 0 Å². The third kappa shape index (κ3) is 3.98. The summed E-state index contributed by atoms with van der Waals surface area (Å²) in [6.45, 7) is 0.616. The SMILES string of the molecule is CSc1ncc(C(=O)N(CCO)Cc2ccccc2)n1-c1ccccc1. The molecule has 0 bridgehead atoms. The summed E-state index contributed by atoms with van der Waals surface area (Å²) in [6.07, 6.45) is 3.54. The van der Waals surface area contributed by atoms with E-state index in [0.29, 0.717) is 12.2 Å².